The van der Waals surface area contributed by atoms with E-state index in [9.17, 15) is 14.7 Å². The van der Waals surface area contributed by atoms with Crippen LogP contribution in [0.25, 0.3) is 0 Å². The van der Waals surface area contributed by atoms with Crippen molar-refractivity contribution < 1.29 is 14.7 Å². The molecule has 1 atom stereocenters. The molecule has 0 aliphatic rings. The maximum atomic E-state index is 12.0. The van der Waals surface area contributed by atoms with Crippen LogP contribution in [0.2, 0.25) is 0 Å². The van der Waals surface area contributed by atoms with E-state index in [1.165, 1.54) is 70.6 Å². The number of carbonyl (C=O) groups excluding carboxylic acids is 1. The Morgan fingerprint density at radius 2 is 1.39 bits per heavy atom. The van der Waals surface area contributed by atoms with Gasteiger partial charge in [0.1, 0.15) is 5.78 Å². The highest BCUT2D eigenvalue weighted by Crippen LogP contribution is 2.16. The van der Waals surface area contributed by atoms with Crippen molar-refractivity contribution in [2.75, 3.05) is 12.0 Å². The molecule has 0 fully saturated rings. The third kappa shape index (κ3) is 18.6. The molecule has 0 amide bonds. The maximum Gasteiger partial charge on any atom is 0.306 e. The molecule has 0 aromatic carbocycles. The van der Waals surface area contributed by atoms with Gasteiger partial charge in [-0.15, -0.1) is 0 Å². The first-order valence-corrected chi connectivity index (χ1v) is 12.9. The number of Topliss-reactive ketones (excluding diaryl/α,β-unsaturated/α-hetero) is 1. The minimum absolute atomic E-state index is 0.117. The highest BCUT2D eigenvalue weighted by atomic mass is 32.2. The Hall–Kier alpha value is -0.770. The van der Waals surface area contributed by atoms with Crippen LogP contribution in [0, 0.1) is 5.92 Å². The summed E-state index contributed by atoms with van der Waals surface area (Å²) in [5.74, 6) is -0.404. The normalized spacial score (nSPS) is 12.5. The molecule has 0 aliphatic carbocycles. The van der Waals surface area contributed by atoms with Gasteiger partial charge in [0, 0.05) is 12.8 Å². The lowest BCUT2D eigenvalue weighted by Gasteiger charge is -2.10. The van der Waals surface area contributed by atoms with Crippen molar-refractivity contribution in [3.8, 4) is 0 Å². The van der Waals surface area contributed by atoms with Crippen LogP contribution in [0.4, 0.5) is 0 Å². The van der Waals surface area contributed by atoms with Crippen molar-refractivity contribution in [2.24, 2.45) is 5.92 Å². The zero-order chi connectivity index (χ0) is 20.9. The number of carboxylic acids is 1. The fourth-order valence-electron chi connectivity index (χ4n) is 3.34. The molecular weight excluding hydrogens is 368 g/mol. The van der Waals surface area contributed by atoms with Crippen LogP contribution in [0.5, 0.6) is 0 Å². The summed E-state index contributed by atoms with van der Waals surface area (Å²) < 4.78 is 0. The molecule has 1 unspecified atom stereocenters. The van der Waals surface area contributed by atoms with Crippen molar-refractivity contribution in [2.45, 2.75) is 110 Å². The van der Waals surface area contributed by atoms with Crippen LogP contribution in [-0.4, -0.2) is 28.9 Å². The Morgan fingerprint density at radius 1 is 0.857 bits per heavy atom. The molecule has 0 bridgehead atoms. The van der Waals surface area contributed by atoms with Crippen molar-refractivity contribution >= 4 is 23.5 Å². The van der Waals surface area contributed by atoms with Crippen molar-refractivity contribution in [3.63, 3.8) is 0 Å². The van der Waals surface area contributed by atoms with Gasteiger partial charge in [-0.2, -0.15) is 11.8 Å². The van der Waals surface area contributed by atoms with Gasteiger partial charge in [-0.05, 0) is 50.5 Å². The Bertz CT molecular complexity index is 407. The van der Waals surface area contributed by atoms with Crippen LogP contribution in [0.3, 0.4) is 0 Å². The number of thioether (sulfide) groups is 1. The van der Waals surface area contributed by atoms with Crippen LogP contribution in [0.15, 0.2) is 12.2 Å². The van der Waals surface area contributed by atoms with E-state index in [1.807, 2.05) is 6.26 Å². The van der Waals surface area contributed by atoms with Gasteiger partial charge in [0.2, 0.25) is 0 Å². The van der Waals surface area contributed by atoms with Gasteiger partial charge >= 0.3 is 5.97 Å². The van der Waals surface area contributed by atoms with E-state index < -0.39 is 11.9 Å². The SMILES string of the molecule is CCCCCCCC/C=C\CCCCCCCC(=O)CC(CCSC)C(=O)O. The summed E-state index contributed by atoms with van der Waals surface area (Å²) in [5.41, 5.74) is 0. The number of allylic oxidation sites excluding steroid dienone is 2. The first-order valence-electron chi connectivity index (χ1n) is 11.5. The molecule has 0 aliphatic heterocycles. The first kappa shape index (κ1) is 27.2. The number of ketones is 1. The van der Waals surface area contributed by atoms with Crippen LogP contribution >= 0.6 is 11.8 Å². The van der Waals surface area contributed by atoms with E-state index >= 15 is 0 Å². The summed E-state index contributed by atoms with van der Waals surface area (Å²) in [7, 11) is 0. The smallest absolute Gasteiger partial charge is 0.306 e. The lowest BCUT2D eigenvalue weighted by molar-refractivity contribution is -0.143. The summed E-state index contributed by atoms with van der Waals surface area (Å²) in [5, 5.41) is 9.19. The van der Waals surface area contributed by atoms with E-state index in [2.05, 4.69) is 19.1 Å². The van der Waals surface area contributed by atoms with E-state index in [1.54, 1.807) is 11.8 Å². The van der Waals surface area contributed by atoms with Gasteiger partial charge in [0.05, 0.1) is 5.92 Å². The van der Waals surface area contributed by atoms with Gasteiger partial charge in [0.25, 0.3) is 0 Å². The third-order valence-electron chi connectivity index (χ3n) is 5.21. The topological polar surface area (TPSA) is 54.4 Å². The lowest BCUT2D eigenvalue weighted by Crippen LogP contribution is -2.18. The fourth-order valence-corrected chi connectivity index (χ4v) is 3.86. The number of aliphatic carboxylic acids is 1. The molecular formula is C24H44O3S. The van der Waals surface area contributed by atoms with Crippen LogP contribution in [-0.2, 0) is 9.59 Å². The molecule has 0 saturated carbocycles. The fraction of sp³-hybridized carbons (Fsp3) is 0.833. The molecule has 0 rings (SSSR count). The van der Waals surface area contributed by atoms with Gasteiger partial charge in [-0.3, -0.25) is 9.59 Å². The molecule has 1 N–H and O–H groups in total. The third-order valence-corrected chi connectivity index (χ3v) is 5.86. The van der Waals surface area contributed by atoms with Gasteiger partial charge < -0.3 is 5.11 Å². The minimum atomic E-state index is -0.827. The second-order valence-corrected chi connectivity index (χ2v) is 8.88. The summed E-state index contributed by atoms with van der Waals surface area (Å²) in [6, 6.07) is 0. The minimum Gasteiger partial charge on any atom is -0.481 e. The predicted octanol–water partition coefficient (Wildman–Crippen LogP) is 7.44. The number of rotatable bonds is 21. The number of carbonyl (C=O) groups is 2. The van der Waals surface area contributed by atoms with Gasteiger partial charge in [0.15, 0.2) is 0 Å². The zero-order valence-electron chi connectivity index (χ0n) is 18.4. The highest BCUT2D eigenvalue weighted by Gasteiger charge is 2.20. The molecule has 0 aromatic heterocycles. The second kappa shape index (κ2) is 21.0. The second-order valence-electron chi connectivity index (χ2n) is 7.89. The molecule has 0 radical (unpaired) electrons. The van der Waals surface area contributed by atoms with E-state index in [0.29, 0.717) is 12.8 Å². The lowest BCUT2D eigenvalue weighted by atomic mass is 9.97. The largest absolute Gasteiger partial charge is 0.481 e. The van der Waals surface area contributed by atoms with E-state index in [-0.39, 0.29) is 12.2 Å². The first-order chi connectivity index (χ1) is 13.6. The summed E-state index contributed by atoms with van der Waals surface area (Å²) >= 11 is 1.63. The Kier molecular flexibility index (Phi) is 20.4. The summed E-state index contributed by atoms with van der Waals surface area (Å²) in [6.07, 6.45) is 24.2. The highest BCUT2D eigenvalue weighted by molar-refractivity contribution is 7.98. The van der Waals surface area contributed by atoms with Crippen molar-refractivity contribution in [1.29, 1.82) is 0 Å². The molecule has 0 saturated heterocycles. The molecule has 3 nitrogen and oxygen atoms in total. The Labute approximate surface area is 178 Å². The van der Waals surface area contributed by atoms with Gasteiger partial charge in [-0.25, -0.2) is 0 Å². The average Bonchev–Trinajstić information content (AvgIpc) is 2.67. The van der Waals surface area contributed by atoms with E-state index in [4.69, 9.17) is 0 Å². The monoisotopic (exact) mass is 412 g/mol. The Balaban J connectivity index is 3.47. The molecule has 4 heteroatoms. The predicted molar refractivity (Wildman–Crippen MR) is 123 cm³/mol. The summed E-state index contributed by atoms with van der Waals surface area (Å²) in [6.45, 7) is 2.26. The van der Waals surface area contributed by atoms with Crippen molar-refractivity contribution in [3.05, 3.63) is 12.2 Å². The van der Waals surface area contributed by atoms with Crippen LogP contribution in [0.1, 0.15) is 110 Å². The maximum absolute atomic E-state index is 12.0. The molecule has 164 valence electrons. The zero-order valence-corrected chi connectivity index (χ0v) is 19.2. The number of unbranched alkanes of at least 4 members (excludes halogenated alkanes) is 11. The summed E-state index contributed by atoms with van der Waals surface area (Å²) in [4.78, 5) is 23.2. The van der Waals surface area contributed by atoms with Crippen molar-refractivity contribution in [1.82, 2.24) is 0 Å². The van der Waals surface area contributed by atoms with E-state index in [0.717, 1.165) is 18.6 Å². The molecule has 0 aromatic rings. The number of hydrogen-bond donors (Lipinski definition) is 1. The standard InChI is InChI=1S/C24H44O3S/c1-3-4-5-6-7-8-9-10-11-12-13-14-15-16-17-18-23(25)21-22(24(26)27)19-20-28-2/h10-11,22H,3-9,12-21H2,1-2H3,(H,26,27)/b11-10-. The molecule has 0 spiro atoms. The van der Waals surface area contributed by atoms with Crippen LogP contribution < -0.4 is 0 Å². The Morgan fingerprint density at radius 3 is 1.93 bits per heavy atom. The molecule has 28 heavy (non-hydrogen) atoms. The van der Waals surface area contributed by atoms with Gasteiger partial charge in [-0.1, -0.05) is 70.4 Å². The molecule has 0 heterocycles. The number of carboxylic acid groups (broad SMARTS) is 1. The average molecular weight is 413 g/mol. The number of hydrogen-bond acceptors (Lipinski definition) is 3. The quantitative estimate of drug-likeness (QED) is 0.157.